The van der Waals surface area contributed by atoms with Crippen molar-refractivity contribution in [3.8, 4) is 0 Å². The molecule has 0 spiro atoms. The van der Waals surface area contributed by atoms with Gasteiger partial charge in [0.15, 0.2) is 0 Å². The zero-order valence-corrected chi connectivity index (χ0v) is 17.0. The van der Waals surface area contributed by atoms with E-state index in [0.29, 0.717) is 19.4 Å². The van der Waals surface area contributed by atoms with Gasteiger partial charge in [-0.05, 0) is 49.8 Å². The lowest BCUT2D eigenvalue weighted by molar-refractivity contribution is -0.133. The zero-order chi connectivity index (χ0) is 20.5. The molecular formula is C22H33N3O4. The van der Waals surface area contributed by atoms with Crippen LogP contribution < -0.4 is 10.6 Å². The number of carbonyl (C=O) groups is 2. The molecule has 2 aliphatic rings. The molecule has 2 fully saturated rings. The Morgan fingerprint density at radius 2 is 1.86 bits per heavy atom. The Labute approximate surface area is 172 Å². The van der Waals surface area contributed by atoms with E-state index in [2.05, 4.69) is 15.6 Å². The van der Waals surface area contributed by atoms with Gasteiger partial charge in [-0.15, -0.1) is 0 Å². The fourth-order valence-corrected chi connectivity index (χ4v) is 4.30. The number of carbonyl (C=O) groups excluding carboxylic acids is 2. The van der Waals surface area contributed by atoms with Gasteiger partial charge in [-0.1, -0.05) is 19.3 Å². The van der Waals surface area contributed by atoms with Crippen molar-refractivity contribution in [3.05, 3.63) is 30.1 Å². The maximum Gasteiger partial charge on any atom is 0.224 e. The average Bonchev–Trinajstić information content (AvgIpc) is 2.76. The summed E-state index contributed by atoms with van der Waals surface area (Å²) in [6, 6.07) is 3.53. The summed E-state index contributed by atoms with van der Waals surface area (Å²) in [5, 5.41) is 15.8. The molecule has 0 aromatic carbocycles. The van der Waals surface area contributed by atoms with Gasteiger partial charge in [-0.25, -0.2) is 0 Å². The molecule has 7 nitrogen and oxygen atoms in total. The first-order valence-corrected chi connectivity index (χ1v) is 10.9. The quantitative estimate of drug-likeness (QED) is 0.614. The minimum Gasteiger partial charge on any atom is -0.394 e. The van der Waals surface area contributed by atoms with E-state index in [1.165, 1.54) is 6.42 Å². The van der Waals surface area contributed by atoms with Crippen LogP contribution in [0.5, 0.6) is 0 Å². The third-order valence-electron chi connectivity index (χ3n) is 6.00. The number of aliphatic hydroxyl groups is 1. The Kier molecular flexibility index (Phi) is 8.43. The summed E-state index contributed by atoms with van der Waals surface area (Å²) in [4.78, 5) is 28.5. The number of pyridine rings is 1. The van der Waals surface area contributed by atoms with Gasteiger partial charge in [0.1, 0.15) is 6.10 Å². The SMILES string of the molecule is O=C(Cc1ccncc1)NCC[C@H]1CC[C@H](NC(=O)C2CCCCC2)[C@H](CO)O1. The molecule has 2 amide bonds. The largest absolute Gasteiger partial charge is 0.394 e. The Hall–Kier alpha value is -1.99. The van der Waals surface area contributed by atoms with Gasteiger partial charge < -0.3 is 20.5 Å². The molecule has 29 heavy (non-hydrogen) atoms. The van der Waals surface area contributed by atoms with Crippen LogP contribution >= 0.6 is 0 Å². The molecule has 1 saturated carbocycles. The van der Waals surface area contributed by atoms with Gasteiger partial charge in [0.05, 0.1) is 25.2 Å². The van der Waals surface area contributed by atoms with Gasteiger partial charge in [0, 0.05) is 24.9 Å². The molecule has 3 N–H and O–H groups in total. The van der Waals surface area contributed by atoms with Crippen molar-refractivity contribution in [3.63, 3.8) is 0 Å². The lowest BCUT2D eigenvalue weighted by atomic mass is 9.88. The molecule has 160 valence electrons. The first-order valence-electron chi connectivity index (χ1n) is 10.9. The number of ether oxygens (including phenoxy) is 1. The Bertz CT molecular complexity index is 649. The van der Waals surface area contributed by atoms with Crippen LogP contribution in [0.2, 0.25) is 0 Å². The van der Waals surface area contributed by atoms with Crippen LogP contribution in [-0.2, 0) is 20.7 Å². The highest BCUT2D eigenvalue weighted by molar-refractivity contribution is 5.79. The van der Waals surface area contributed by atoms with Crippen LogP contribution in [0, 0.1) is 5.92 Å². The number of amides is 2. The monoisotopic (exact) mass is 403 g/mol. The van der Waals surface area contributed by atoms with E-state index in [9.17, 15) is 14.7 Å². The number of rotatable bonds is 8. The van der Waals surface area contributed by atoms with Gasteiger partial charge in [0.25, 0.3) is 0 Å². The van der Waals surface area contributed by atoms with E-state index in [-0.39, 0.29) is 42.6 Å². The molecule has 1 aromatic rings. The van der Waals surface area contributed by atoms with Crippen molar-refractivity contribution in [1.29, 1.82) is 0 Å². The van der Waals surface area contributed by atoms with Crippen LogP contribution in [0.4, 0.5) is 0 Å². The fraction of sp³-hybridized carbons (Fsp3) is 0.682. The highest BCUT2D eigenvalue weighted by atomic mass is 16.5. The van der Waals surface area contributed by atoms with Gasteiger partial charge >= 0.3 is 0 Å². The second-order valence-electron chi connectivity index (χ2n) is 8.18. The van der Waals surface area contributed by atoms with Crippen LogP contribution in [0.25, 0.3) is 0 Å². The normalized spacial score (nSPS) is 25.3. The molecule has 2 heterocycles. The van der Waals surface area contributed by atoms with Gasteiger partial charge in [-0.2, -0.15) is 0 Å². The maximum atomic E-state index is 12.5. The molecule has 3 rings (SSSR count). The summed E-state index contributed by atoms with van der Waals surface area (Å²) in [6.07, 6.45) is 11.0. The van der Waals surface area contributed by atoms with Crippen molar-refractivity contribution < 1.29 is 19.4 Å². The highest BCUT2D eigenvalue weighted by Crippen LogP contribution is 2.26. The molecule has 3 atom stereocenters. The van der Waals surface area contributed by atoms with Crippen LogP contribution in [0.3, 0.4) is 0 Å². The zero-order valence-electron chi connectivity index (χ0n) is 17.0. The van der Waals surface area contributed by atoms with Gasteiger partial charge in [-0.3, -0.25) is 14.6 Å². The van der Waals surface area contributed by atoms with E-state index >= 15 is 0 Å². The van der Waals surface area contributed by atoms with Crippen molar-refractivity contribution in [2.45, 2.75) is 76.0 Å². The number of aliphatic hydroxyl groups excluding tert-OH is 1. The molecule has 1 saturated heterocycles. The Morgan fingerprint density at radius 3 is 2.59 bits per heavy atom. The van der Waals surface area contributed by atoms with E-state index < -0.39 is 0 Å². The first kappa shape index (κ1) is 21.7. The summed E-state index contributed by atoms with van der Waals surface area (Å²) in [5.41, 5.74) is 0.934. The summed E-state index contributed by atoms with van der Waals surface area (Å²) >= 11 is 0. The summed E-state index contributed by atoms with van der Waals surface area (Å²) < 4.78 is 6.01. The number of aromatic nitrogens is 1. The predicted octanol–water partition coefficient (Wildman–Crippen LogP) is 1.74. The van der Waals surface area contributed by atoms with E-state index in [1.807, 2.05) is 12.1 Å². The average molecular weight is 404 g/mol. The smallest absolute Gasteiger partial charge is 0.224 e. The highest BCUT2D eigenvalue weighted by Gasteiger charge is 2.33. The minimum absolute atomic E-state index is 0.0174. The second-order valence-corrected chi connectivity index (χ2v) is 8.18. The number of hydrogen-bond donors (Lipinski definition) is 3. The van der Waals surface area contributed by atoms with E-state index in [4.69, 9.17) is 4.74 Å². The van der Waals surface area contributed by atoms with Crippen molar-refractivity contribution >= 4 is 11.8 Å². The third-order valence-corrected chi connectivity index (χ3v) is 6.00. The number of nitrogens with zero attached hydrogens (tertiary/aromatic N) is 1. The van der Waals surface area contributed by atoms with E-state index in [0.717, 1.165) is 44.1 Å². The predicted molar refractivity (Wildman–Crippen MR) is 109 cm³/mol. The Balaban J connectivity index is 1.37. The summed E-state index contributed by atoms with van der Waals surface area (Å²) in [7, 11) is 0. The van der Waals surface area contributed by atoms with Crippen molar-refractivity contribution in [1.82, 2.24) is 15.6 Å². The molecule has 0 unspecified atom stereocenters. The molecule has 1 aromatic heterocycles. The number of nitrogens with one attached hydrogen (secondary N) is 2. The first-order chi connectivity index (χ1) is 14.2. The molecular weight excluding hydrogens is 370 g/mol. The standard InChI is InChI=1S/C22H33N3O4/c26-15-20-19(25-22(28)17-4-2-1-3-5-17)7-6-18(29-20)10-13-24-21(27)14-16-8-11-23-12-9-16/h8-9,11-12,17-20,26H,1-7,10,13-15H2,(H,24,27)(H,25,28)/t18-,19+,20+/m1/s1. The van der Waals surface area contributed by atoms with Crippen molar-refractivity contribution in [2.24, 2.45) is 5.92 Å². The lowest BCUT2D eigenvalue weighted by Crippen LogP contribution is -2.52. The summed E-state index contributed by atoms with van der Waals surface area (Å²) in [5.74, 6) is 0.193. The lowest BCUT2D eigenvalue weighted by Gasteiger charge is -2.37. The van der Waals surface area contributed by atoms with Gasteiger partial charge in [0.2, 0.25) is 11.8 Å². The van der Waals surface area contributed by atoms with Crippen molar-refractivity contribution in [2.75, 3.05) is 13.2 Å². The third kappa shape index (κ3) is 6.78. The molecule has 1 aliphatic heterocycles. The number of hydrogen-bond acceptors (Lipinski definition) is 5. The topological polar surface area (TPSA) is 101 Å². The molecule has 0 radical (unpaired) electrons. The van der Waals surface area contributed by atoms with E-state index in [1.54, 1.807) is 12.4 Å². The molecule has 0 bridgehead atoms. The Morgan fingerprint density at radius 1 is 1.10 bits per heavy atom. The molecule has 1 aliphatic carbocycles. The van der Waals surface area contributed by atoms with Crippen LogP contribution in [0.1, 0.15) is 56.9 Å². The minimum atomic E-state index is -0.381. The maximum absolute atomic E-state index is 12.5. The van der Waals surface area contributed by atoms with Crippen LogP contribution in [-0.4, -0.2) is 53.3 Å². The fourth-order valence-electron chi connectivity index (χ4n) is 4.30. The second kappa shape index (κ2) is 11.3. The molecule has 7 heteroatoms. The van der Waals surface area contributed by atoms with Crippen LogP contribution in [0.15, 0.2) is 24.5 Å². The summed E-state index contributed by atoms with van der Waals surface area (Å²) in [6.45, 7) is 0.423.